The quantitative estimate of drug-likeness (QED) is 0.307. The van der Waals surface area contributed by atoms with Gasteiger partial charge in [0.2, 0.25) is 5.91 Å². The third-order valence-corrected chi connectivity index (χ3v) is 5.80. The van der Waals surface area contributed by atoms with Crippen molar-refractivity contribution in [1.82, 2.24) is 10.6 Å². The summed E-state index contributed by atoms with van der Waals surface area (Å²) in [6, 6.07) is 27.7. The number of carbonyl (C=O) groups excluding carboxylic acids is 2. The van der Waals surface area contributed by atoms with E-state index in [1.165, 1.54) is 0 Å². The highest BCUT2D eigenvalue weighted by Gasteiger charge is 2.25. The Morgan fingerprint density at radius 1 is 0.857 bits per heavy atom. The monoisotopic (exact) mass is 467 g/mol. The number of nitrogens with one attached hydrogen (secondary N) is 3. The summed E-state index contributed by atoms with van der Waals surface area (Å²) < 4.78 is 5.18. The zero-order chi connectivity index (χ0) is 24.6. The van der Waals surface area contributed by atoms with E-state index in [0.717, 1.165) is 33.3 Å². The van der Waals surface area contributed by atoms with Gasteiger partial charge in [0, 0.05) is 24.3 Å². The lowest BCUT2D eigenvalue weighted by atomic mass is 9.97. The molecule has 3 N–H and O–H groups in total. The average molecular weight is 468 g/mol. The van der Waals surface area contributed by atoms with Crippen LogP contribution in [0.1, 0.15) is 27.5 Å². The summed E-state index contributed by atoms with van der Waals surface area (Å²) in [4.78, 5) is 26.4. The molecule has 0 aliphatic rings. The fourth-order valence-corrected chi connectivity index (χ4v) is 3.99. The predicted octanol–water partition coefficient (Wildman–Crippen LogP) is 4.86. The fraction of sp³-hybridized carbons (Fsp3) is 0.172. The van der Waals surface area contributed by atoms with Crippen LogP contribution in [0.5, 0.6) is 5.75 Å². The Balaban J connectivity index is 1.50. The first-order chi connectivity index (χ1) is 17.0. The number of aryl methyl sites for hydroxylation is 1. The van der Waals surface area contributed by atoms with Crippen LogP contribution in [-0.4, -0.2) is 32.0 Å². The summed E-state index contributed by atoms with van der Waals surface area (Å²) in [6.45, 7) is 2.86. The number of anilines is 1. The van der Waals surface area contributed by atoms with E-state index in [4.69, 9.17) is 4.74 Å². The van der Waals surface area contributed by atoms with Gasteiger partial charge in [0.05, 0.1) is 7.11 Å². The second-order valence-corrected chi connectivity index (χ2v) is 8.29. The summed E-state index contributed by atoms with van der Waals surface area (Å²) in [5.41, 5.74) is 3.18. The van der Waals surface area contributed by atoms with E-state index in [1.54, 1.807) is 13.2 Å². The van der Waals surface area contributed by atoms with Crippen molar-refractivity contribution >= 4 is 28.3 Å². The lowest BCUT2D eigenvalue weighted by Gasteiger charge is -2.21. The van der Waals surface area contributed by atoms with E-state index in [2.05, 4.69) is 16.0 Å². The molecule has 0 bridgehead atoms. The fourth-order valence-electron chi connectivity index (χ4n) is 3.99. The van der Waals surface area contributed by atoms with Gasteiger partial charge in [-0.05, 0) is 59.7 Å². The van der Waals surface area contributed by atoms with Crippen molar-refractivity contribution in [2.24, 2.45) is 0 Å². The molecule has 0 heterocycles. The number of hydrogen-bond acceptors (Lipinski definition) is 4. The van der Waals surface area contributed by atoms with Gasteiger partial charge in [0.25, 0.3) is 5.91 Å². The van der Waals surface area contributed by atoms with Crippen molar-refractivity contribution < 1.29 is 14.3 Å². The minimum absolute atomic E-state index is 0.265. The standard InChI is InChI=1S/C29H29N3O3/c1-20-7-5-10-22(19-20)28(33)32-27(26-12-6-9-21-8-3-4-11-25(21)26)29(34)31-18-17-30-23-13-15-24(35-2)16-14-23/h3-16,19,27,30H,17-18H2,1-2H3,(H,31,34)(H,32,33). The van der Waals surface area contributed by atoms with E-state index in [1.807, 2.05) is 91.9 Å². The normalized spacial score (nSPS) is 11.5. The SMILES string of the molecule is COc1ccc(NCCNC(=O)C(NC(=O)c2cccc(C)c2)c2cccc3ccccc23)cc1. The van der Waals surface area contributed by atoms with Crippen molar-refractivity contribution in [3.8, 4) is 5.75 Å². The zero-order valence-electron chi connectivity index (χ0n) is 19.9. The van der Waals surface area contributed by atoms with Gasteiger partial charge in [0.1, 0.15) is 11.8 Å². The van der Waals surface area contributed by atoms with Crippen LogP contribution in [0, 0.1) is 6.92 Å². The maximum Gasteiger partial charge on any atom is 0.252 e. The van der Waals surface area contributed by atoms with Gasteiger partial charge in [-0.25, -0.2) is 0 Å². The number of methoxy groups -OCH3 is 1. The van der Waals surface area contributed by atoms with Gasteiger partial charge in [-0.2, -0.15) is 0 Å². The molecule has 4 aromatic carbocycles. The second kappa shape index (κ2) is 11.2. The van der Waals surface area contributed by atoms with Crippen LogP contribution in [-0.2, 0) is 4.79 Å². The molecule has 0 spiro atoms. The molecule has 178 valence electrons. The first-order valence-electron chi connectivity index (χ1n) is 11.6. The molecule has 0 saturated carbocycles. The summed E-state index contributed by atoms with van der Waals surface area (Å²) in [6.07, 6.45) is 0. The summed E-state index contributed by atoms with van der Waals surface area (Å²) in [7, 11) is 1.63. The Hall–Kier alpha value is -4.32. The smallest absolute Gasteiger partial charge is 0.252 e. The van der Waals surface area contributed by atoms with Crippen molar-refractivity contribution in [1.29, 1.82) is 0 Å². The molecule has 6 heteroatoms. The third kappa shape index (κ3) is 5.98. The zero-order valence-corrected chi connectivity index (χ0v) is 19.9. The number of carbonyl (C=O) groups is 2. The Bertz CT molecular complexity index is 1310. The largest absolute Gasteiger partial charge is 0.497 e. The van der Waals surface area contributed by atoms with Gasteiger partial charge in [-0.3, -0.25) is 9.59 Å². The number of amides is 2. The molecule has 35 heavy (non-hydrogen) atoms. The topological polar surface area (TPSA) is 79.5 Å². The summed E-state index contributed by atoms with van der Waals surface area (Å²) >= 11 is 0. The lowest BCUT2D eigenvalue weighted by molar-refractivity contribution is -0.123. The van der Waals surface area contributed by atoms with Crippen molar-refractivity contribution in [2.75, 3.05) is 25.5 Å². The van der Waals surface area contributed by atoms with Crippen LogP contribution in [0.3, 0.4) is 0 Å². The molecule has 1 unspecified atom stereocenters. The molecule has 4 rings (SSSR count). The molecule has 6 nitrogen and oxygen atoms in total. The molecule has 2 amide bonds. The molecule has 0 radical (unpaired) electrons. The third-order valence-electron chi connectivity index (χ3n) is 5.80. The second-order valence-electron chi connectivity index (χ2n) is 8.29. The first-order valence-corrected chi connectivity index (χ1v) is 11.6. The molecule has 1 atom stereocenters. The van der Waals surface area contributed by atoms with Crippen LogP contribution in [0.25, 0.3) is 10.8 Å². The number of fused-ring (bicyclic) bond motifs is 1. The number of rotatable bonds is 9. The number of benzene rings is 4. The maximum atomic E-state index is 13.3. The molecule has 4 aromatic rings. The Labute approximate surface area is 205 Å². The Morgan fingerprint density at radius 3 is 2.37 bits per heavy atom. The minimum atomic E-state index is -0.838. The van der Waals surface area contributed by atoms with Gasteiger partial charge in [0.15, 0.2) is 0 Å². The predicted molar refractivity (Wildman–Crippen MR) is 140 cm³/mol. The van der Waals surface area contributed by atoms with Gasteiger partial charge >= 0.3 is 0 Å². The summed E-state index contributed by atoms with van der Waals surface area (Å²) in [5.74, 6) is 0.225. The molecule has 0 aromatic heterocycles. The van der Waals surface area contributed by atoms with E-state index < -0.39 is 6.04 Å². The molecule has 0 fully saturated rings. The average Bonchev–Trinajstić information content (AvgIpc) is 2.89. The highest BCUT2D eigenvalue weighted by Crippen LogP contribution is 2.25. The van der Waals surface area contributed by atoms with Crippen molar-refractivity contribution in [2.45, 2.75) is 13.0 Å². The maximum absolute atomic E-state index is 13.3. The van der Waals surface area contributed by atoms with Crippen molar-refractivity contribution in [3.05, 3.63) is 108 Å². The molecular formula is C29H29N3O3. The van der Waals surface area contributed by atoms with Crippen molar-refractivity contribution in [3.63, 3.8) is 0 Å². The van der Waals surface area contributed by atoms with Crippen LogP contribution in [0.4, 0.5) is 5.69 Å². The molecule has 0 aliphatic heterocycles. The van der Waals surface area contributed by atoms with Crippen LogP contribution >= 0.6 is 0 Å². The molecular weight excluding hydrogens is 438 g/mol. The molecule has 0 aliphatic carbocycles. The van der Waals surface area contributed by atoms with Gasteiger partial charge < -0.3 is 20.7 Å². The van der Waals surface area contributed by atoms with Crippen LogP contribution < -0.4 is 20.7 Å². The summed E-state index contributed by atoms with van der Waals surface area (Å²) in [5, 5.41) is 11.1. The number of hydrogen-bond donors (Lipinski definition) is 3. The Kier molecular flexibility index (Phi) is 7.63. The van der Waals surface area contributed by atoms with Crippen LogP contribution in [0.15, 0.2) is 91.0 Å². The van der Waals surface area contributed by atoms with E-state index in [9.17, 15) is 9.59 Å². The van der Waals surface area contributed by atoms with Gasteiger partial charge in [-0.1, -0.05) is 60.2 Å². The molecule has 0 saturated heterocycles. The minimum Gasteiger partial charge on any atom is -0.497 e. The van der Waals surface area contributed by atoms with Gasteiger partial charge in [-0.15, -0.1) is 0 Å². The first kappa shape index (κ1) is 23.8. The van der Waals surface area contributed by atoms with E-state index in [-0.39, 0.29) is 11.8 Å². The lowest BCUT2D eigenvalue weighted by Crippen LogP contribution is -2.41. The Morgan fingerprint density at radius 2 is 1.60 bits per heavy atom. The highest BCUT2D eigenvalue weighted by molar-refractivity contribution is 6.00. The van der Waals surface area contributed by atoms with Crippen LogP contribution in [0.2, 0.25) is 0 Å². The van der Waals surface area contributed by atoms with E-state index in [0.29, 0.717) is 18.7 Å². The number of ether oxygens (including phenoxy) is 1. The van der Waals surface area contributed by atoms with E-state index >= 15 is 0 Å². The highest BCUT2D eigenvalue weighted by atomic mass is 16.5.